The number of rotatable bonds is 7. The molecule has 140 valence electrons. The smallest absolute Gasteiger partial charge is 0.342 e. The van der Waals surface area contributed by atoms with Crippen molar-refractivity contribution in [1.82, 2.24) is 9.78 Å². The summed E-state index contributed by atoms with van der Waals surface area (Å²) in [7, 11) is 0. The molecule has 0 N–H and O–H groups in total. The van der Waals surface area contributed by atoms with Crippen LogP contribution in [0.15, 0.2) is 54.6 Å². The van der Waals surface area contributed by atoms with Gasteiger partial charge in [0.1, 0.15) is 24.5 Å². The first-order chi connectivity index (χ1) is 13.0. The first-order valence-corrected chi connectivity index (χ1v) is 8.99. The number of aryl methyl sites for hydroxylation is 2. The standard InChI is InChI=1S/C22H24N2O3/c1-16-9-11-20(12-10-16)26-13-14-27-22(25)21-17(2)23-24(18(21)3)15-19-7-5-4-6-8-19/h4-12H,13-15H2,1-3H3. The Balaban J connectivity index is 1.57. The summed E-state index contributed by atoms with van der Waals surface area (Å²) in [6.07, 6.45) is 0. The van der Waals surface area contributed by atoms with Gasteiger partial charge in [-0.2, -0.15) is 5.10 Å². The van der Waals surface area contributed by atoms with Gasteiger partial charge in [-0.15, -0.1) is 0 Å². The predicted octanol–water partition coefficient (Wildman–Crippen LogP) is 4.09. The SMILES string of the molecule is Cc1ccc(OCCOC(=O)c2c(C)nn(Cc3ccccc3)c2C)cc1. The highest BCUT2D eigenvalue weighted by Gasteiger charge is 2.20. The number of hydrogen-bond donors (Lipinski definition) is 0. The number of ether oxygens (including phenoxy) is 2. The van der Waals surface area contributed by atoms with E-state index in [0.717, 1.165) is 17.0 Å². The summed E-state index contributed by atoms with van der Waals surface area (Å²) in [6, 6.07) is 17.8. The van der Waals surface area contributed by atoms with Gasteiger partial charge in [-0.1, -0.05) is 48.0 Å². The molecule has 1 aromatic heterocycles. The Morgan fingerprint density at radius 2 is 1.67 bits per heavy atom. The summed E-state index contributed by atoms with van der Waals surface area (Å²) in [4.78, 5) is 12.5. The Bertz CT molecular complexity index is 899. The largest absolute Gasteiger partial charge is 0.490 e. The molecule has 0 aliphatic rings. The quantitative estimate of drug-likeness (QED) is 0.468. The monoisotopic (exact) mass is 364 g/mol. The van der Waals surface area contributed by atoms with Crippen molar-refractivity contribution >= 4 is 5.97 Å². The molecule has 0 saturated heterocycles. The Morgan fingerprint density at radius 3 is 2.37 bits per heavy atom. The number of carbonyl (C=O) groups is 1. The van der Waals surface area contributed by atoms with Crippen LogP contribution in [0, 0.1) is 20.8 Å². The Labute approximate surface area is 159 Å². The predicted molar refractivity (Wildman–Crippen MR) is 104 cm³/mol. The normalized spacial score (nSPS) is 10.6. The van der Waals surface area contributed by atoms with E-state index >= 15 is 0 Å². The molecule has 5 heteroatoms. The van der Waals surface area contributed by atoms with E-state index in [-0.39, 0.29) is 12.6 Å². The average molecular weight is 364 g/mol. The molecule has 27 heavy (non-hydrogen) atoms. The summed E-state index contributed by atoms with van der Waals surface area (Å²) < 4.78 is 12.8. The minimum Gasteiger partial charge on any atom is -0.490 e. The van der Waals surface area contributed by atoms with Gasteiger partial charge in [0.15, 0.2) is 0 Å². The summed E-state index contributed by atoms with van der Waals surface area (Å²) >= 11 is 0. The third-order valence-electron chi connectivity index (χ3n) is 4.37. The molecule has 0 amide bonds. The summed E-state index contributed by atoms with van der Waals surface area (Å²) in [5.74, 6) is 0.400. The van der Waals surface area contributed by atoms with Crippen molar-refractivity contribution < 1.29 is 14.3 Å². The number of carbonyl (C=O) groups excluding carboxylic acids is 1. The van der Waals surface area contributed by atoms with Crippen LogP contribution in [-0.4, -0.2) is 29.0 Å². The maximum Gasteiger partial charge on any atom is 0.342 e. The molecule has 0 spiro atoms. The van der Waals surface area contributed by atoms with Gasteiger partial charge in [0.25, 0.3) is 0 Å². The van der Waals surface area contributed by atoms with Gasteiger partial charge in [0, 0.05) is 0 Å². The van der Waals surface area contributed by atoms with E-state index in [1.165, 1.54) is 5.56 Å². The van der Waals surface area contributed by atoms with E-state index in [1.54, 1.807) is 0 Å². The lowest BCUT2D eigenvalue weighted by molar-refractivity contribution is 0.0448. The van der Waals surface area contributed by atoms with Gasteiger partial charge in [0.2, 0.25) is 0 Å². The van der Waals surface area contributed by atoms with Crippen LogP contribution in [0.4, 0.5) is 0 Å². The molecule has 0 saturated carbocycles. The van der Waals surface area contributed by atoms with Gasteiger partial charge in [-0.3, -0.25) is 4.68 Å². The van der Waals surface area contributed by atoms with E-state index in [4.69, 9.17) is 9.47 Å². The van der Waals surface area contributed by atoms with Crippen molar-refractivity contribution in [3.05, 3.63) is 82.7 Å². The second kappa shape index (κ2) is 8.54. The van der Waals surface area contributed by atoms with Crippen molar-refractivity contribution in [2.45, 2.75) is 27.3 Å². The van der Waals surface area contributed by atoms with Crippen molar-refractivity contribution in [2.75, 3.05) is 13.2 Å². The van der Waals surface area contributed by atoms with Gasteiger partial charge in [-0.25, -0.2) is 4.79 Å². The summed E-state index contributed by atoms with van der Waals surface area (Å²) in [5, 5.41) is 4.50. The van der Waals surface area contributed by atoms with Crippen LogP contribution in [0.2, 0.25) is 0 Å². The maximum atomic E-state index is 12.5. The highest BCUT2D eigenvalue weighted by atomic mass is 16.6. The molecule has 0 unspecified atom stereocenters. The van der Waals surface area contributed by atoms with Gasteiger partial charge < -0.3 is 9.47 Å². The molecular weight excluding hydrogens is 340 g/mol. The minimum absolute atomic E-state index is 0.190. The minimum atomic E-state index is -0.364. The Morgan fingerprint density at radius 1 is 0.963 bits per heavy atom. The fourth-order valence-corrected chi connectivity index (χ4v) is 2.90. The zero-order valence-corrected chi connectivity index (χ0v) is 15.9. The van der Waals surface area contributed by atoms with E-state index in [0.29, 0.717) is 24.4 Å². The Hall–Kier alpha value is -3.08. The highest BCUT2D eigenvalue weighted by molar-refractivity contribution is 5.91. The summed E-state index contributed by atoms with van der Waals surface area (Å²) in [6.45, 7) is 6.86. The average Bonchev–Trinajstić information content (AvgIpc) is 2.94. The highest BCUT2D eigenvalue weighted by Crippen LogP contribution is 2.16. The first kappa shape index (κ1) is 18.7. The van der Waals surface area contributed by atoms with Crippen LogP contribution in [0.5, 0.6) is 5.75 Å². The van der Waals surface area contributed by atoms with Gasteiger partial charge in [0.05, 0.1) is 17.9 Å². The van der Waals surface area contributed by atoms with Crippen LogP contribution >= 0.6 is 0 Å². The number of aromatic nitrogens is 2. The van der Waals surface area contributed by atoms with Crippen LogP contribution in [-0.2, 0) is 11.3 Å². The van der Waals surface area contributed by atoms with Crippen molar-refractivity contribution in [3.63, 3.8) is 0 Å². The first-order valence-electron chi connectivity index (χ1n) is 8.99. The van der Waals surface area contributed by atoms with Crippen molar-refractivity contribution in [1.29, 1.82) is 0 Å². The topological polar surface area (TPSA) is 53.4 Å². The zero-order chi connectivity index (χ0) is 19.2. The fourth-order valence-electron chi connectivity index (χ4n) is 2.90. The van der Waals surface area contributed by atoms with Crippen LogP contribution < -0.4 is 4.74 Å². The van der Waals surface area contributed by atoms with Gasteiger partial charge >= 0.3 is 5.97 Å². The molecule has 0 aliphatic carbocycles. The molecule has 0 atom stereocenters. The second-order valence-electron chi connectivity index (χ2n) is 6.49. The summed E-state index contributed by atoms with van der Waals surface area (Å²) in [5.41, 5.74) is 4.32. The molecule has 2 aromatic carbocycles. The third kappa shape index (κ3) is 4.76. The second-order valence-corrected chi connectivity index (χ2v) is 6.49. The molecule has 5 nitrogen and oxygen atoms in total. The number of hydrogen-bond acceptors (Lipinski definition) is 4. The molecule has 0 aliphatic heterocycles. The van der Waals surface area contributed by atoms with E-state index in [9.17, 15) is 4.79 Å². The van der Waals surface area contributed by atoms with E-state index in [1.807, 2.05) is 80.1 Å². The lowest BCUT2D eigenvalue weighted by atomic mass is 10.2. The third-order valence-corrected chi connectivity index (χ3v) is 4.37. The van der Waals surface area contributed by atoms with E-state index in [2.05, 4.69) is 5.10 Å². The lowest BCUT2D eigenvalue weighted by Gasteiger charge is -2.08. The van der Waals surface area contributed by atoms with Crippen molar-refractivity contribution in [3.8, 4) is 5.75 Å². The molecular formula is C22H24N2O3. The molecule has 3 aromatic rings. The molecule has 3 rings (SSSR count). The number of esters is 1. The maximum absolute atomic E-state index is 12.5. The lowest BCUT2D eigenvalue weighted by Crippen LogP contribution is -2.14. The van der Waals surface area contributed by atoms with E-state index < -0.39 is 0 Å². The van der Waals surface area contributed by atoms with Crippen molar-refractivity contribution in [2.24, 2.45) is 0 Å². The zero-order valence-electron chi connectivity index (χ0n) is 15.9. The van der Waals surface area contributed by atoms with Gasteiger partial charge in [-0.05, 0) is 38.5 Å². The van der Waals surface area contributed by atoms with Crippen LogP contribution in [0.25, 0.3) is 0 Å². The molecule has 0 fully saturated rings. The molecule has 0 radical (unpaired) electrons. The molecule has 1 heterocycles. The number of nitrogens with zero attached hydrogens (tertiary/aromatic N) is 2. The fraction of sp³-hybridized carbons (Fsp3) is 0.273. The van der Waals surface area contributed by atoms with Crippen LogP contribution in [0.3, 0.4) is 0 Å². The van der Waals surface area contributed by atoms with Crippen LogP contribution in [0.1, 0.15) is 32.9 Å². The molecule has 0 bridgehead atoms. The number of benzene rings is 2. The Kier molecular flexibility index (Phi) is 5.91.